The molecule has 0 aliphatic carbocycles. The minimum atomic E-state index is -0.366. The molecule has 2 aromatic rings. The van der Waals surface area contributed by atoms with Crippen LogP contribution in [-0.4, -0.2) is 12.6 Å². The molecule has 2 aromatic carbocycles. The zero-order valence-corrected chi connectivity index (χ0v) is 12.4. The molecule has 21 heavy (non-hydrogen) atoms. The fourth-order valence-corrected chi connectivity index (χ4v) is 1.70. The van der Waals surface area contributed by atoms with E-state index in [4.69, 9.17) is 9.47 Å². The summed E-state index contributed by atoms with van der Waals surface area (Å²) in [4.78, 5) is 12.0. The van der Waals surface area contributed by atoms with Crippen molar-refractivity contribution >= 4 is 5.97 Å². The number of rotatable bonds is 6. The van der Waals surface area contributed by atoms with E-state index in [1.54, 1.807) is 36.4 Å². The van der Waals surface area contributed by atoms with Crippen LogP contribution >= 0.6 is 0 Å². The minimum absolute atomic E-state index is 0.366. The maximum absolute atomic E-state index is 12.0. The molecule has 3 heteroatoms. The predicted molar refractivity (Wildman–Crippen MR) is 82.8 cm³/mol. The Morgan fingerprint density at radius 1 is 1.00 bits per heavy atom. The van der Waals surface area contributed by atoms with Gasteiger partial charge in [0.25, 0.3) is 0 Å². The van der Waals surface area contributed by atoms with E-state index in [9.17, 15) is 4.79 Å². The summed E-state index contributed by atoms with van der Waals surface area (Å²) in [6.45, 7) is 4.96. The quantitative estimate of drug-likeness (QED) is 0.585. The largest absolute Gasteiger partial charge is 0.493 e. The van der Waals surface area contributed by atoms with Crippen LogP contribution in [0.3, 0.4) is 0 Å². The van der Waals surface area contributed by atoms with Gasteiger partial charge in [0.1, 0.15) is 11.5 Å². The topological polar surface area (TPSA) is 35.5 Å². The Bertz CT molecular complexity index is 561. The fraction of sp³-hybridized carbons (Fsp3) is 0.278. The van der Waals surface area contributed by atoms with E-state index >= 15 is 0 Å². The van der Waals surface area contributed by atoms with Gasteiger partial charge < -0.3 is 9.47 Å². The summed E-state index contributed by atoms with van der Waals surface area (Å²) in [5.74, 6) is 1.47. The standard InChI is InChI=1S/C18H20O3/c1-3-14(2)13-20-16-11-9-15(10-12-16)18(19)21-17-7-5-4-6-8-17/h4-12,14H,3,13H2,1-2H3. The molecule has 0 aliphatic rings. The number of para-hydroxylation sites is 1. The first-order valence-electron chi connectivity index (χ1n) is 7.19. The van der Waals surface area contributed by atoms with Crippen molar-refractivity contribution in [2.24, 2.45) is 5.92 Å². The molecule has 0 spiro atoms. The predicted octanol–water partition coefficient (Wildman–Crippen LogP) is 4.33. The van der Waals surface area contributed by atoms with Gasteiger partial charge >= 0.3 is 5.97 Å². The average molecular weight is 284 g/mol. The molecule has 2 rings (SSSR count). The highest BCUT2D eigenvalue weighted by Gasteiger charge is 2.08. The lowest BCUT2D eigenvalue weighted by Gasteiger charge is -2.11. The highest BCUT2D eigenvalue weighted by atomic mass is 16.5. The zero-order valence-electron chi connectivity index (χ0n) is 12.4. The molecule has 0 radical (unpaired) electrons. The monoisotopic (exact) mass is 284 g/mol. The summed E-state index contributed by atoms with van der Waals surface area (Å²) in [7, 11) is 0. The van der Waals surface area contributed by atoms with Gasteiger partial charge in [0.05, 0.1) is 12.2 Å². The van der Waals surface area contributed by atoms with E-state index in [2.05, 4.69) is 13.8 Å². The lowest BCUT2D eigenvalue weighted by atomic mass is 10.1. The molecule has 0 amide bonds. The van der Waals surface area contributed by atoms with Crippen LogP contribution in [0.1, 0.15) is 30.6 Å². The van der Waals surface area contributed by atoms with E-state index in [0.29, 0.717) is 23.8 Å². The third-order valence-electron chi connectivity index (χ3n) is 3.28. The van der Waals surface area contributed by atoms with Crippen molar-refractivity contribution in [3.63, 3.8) is 0 Å². The third-order valence-corrected chi connectivity index (χ3v) is 3.28. The molecule has 110 valence electrons. The van der Waals surface area contributed by atoms with Crippen LogP contribution in [0, 0.1) is 5.92 Å². The van der Waals surface area contributed by atoms with Crippen molar-refractivity contribution in [1.29, 1.82) is 0 Å². The summed E-state index contributed by atoms with van der Waals surface area (Å²) >= 11 is 0. The van der Waals surface area contributed by atoms with Crippen LogP contribution in [0.15, 0.2) is 54.6 Å². The number of ether oxygens (including phenoxy) is 2. The first-order valence-corrected chi connectivity index (χ1v) is 7.19. The number of carbonyl (C=O) groups is 1. The number of hydrogen-bond acceptors (Lipinski definition) is 3. The van der Waals surface area contributed by atoms with Crippen LogP contribution in [0.2, 0.25) is 0 Å². The van der Waals surface area contributed by atoms with Gasteiger partial charge in [0.15, 0.2) is 0 Å². The first kappa shape index (κ1) is 15.1. The molecule has 1 atom stereocenters. The molecule has 3 nitrogen and oxygen atoms in total. The highest BCUT2D eigenvalue weighted by Crippen LogP contribution is 2.16. The van der Waals surface area contributed by atoms with Crippen LogP contribution in [0.4, 0.5) is 0 Å². The molecule has 0 heterocycles. The number of hydrogen-bond donors (Lipinski definition) is 0. The van der Waals surface area contributed by atoms with Crippen LogP contribution in [0.5, 0.6) is 11.5 Å². The zero-order chi connectivity index (χ0) is 15.1. The number of esters is 1. The average Bonchev–Trinajstić information content (AvgIpc) is 2.54. The maximum Gasteiger partial charge on any atom is 0.343 e. The van der Waals surface area contributed by atoms with E-state index in [0.717, 1.165) is 12.2 Å². The molecular weight excluding hydrogens is 264 g/mol. The van der Waals surface area contributed by atoms with Gasteiger partial charge in [0.2, 0.25) is 0 Å². The SMILES string of the molecule is CCC(C)COc1ccc(C(=O)Oc2ccccc2)cc1. The molecule has 0 aromatic heterocycles. The number of carbonyl (C=O) groups excluding carboxylic acids is 1. The Balaban J connectivity index is 1.94. The van der Waals surface area contributed by atoms with E-state index in [1.165, 1.54) is 0 Å². The van der Waals surface area contributed by atoms with Gasteiger partial charge in [0, 0.05) is 0 Å². The molecule has 0 bridgehead atoms. The molecule has 0 saturated carbocycles. The van der Waals surface area contributed by atoms with Crippen molar-refractivity contribution < 1.29 is 14.3 Å². The molecule has 0 fully saturated rings. The summed E-state index contributed by atoms with van der Waals surface area (Å²) in [5, 5.41) is 0. The molecular formula is C18H20O3. The van der Waals surface area contributed by atoms with Gasteiger partial charge in [-0.05, 0) is 42.3 Å². The normalized spacial score (nSPS) is 11.7. The summed E-state index contributed by atoms with van der Waals surface area (Å²) < 4.78 is 10.9. The maximum atomic E-state index is 12.0. The van der Waals surface area contributed by atoms with Crippen molar-refractivity contribution in [3.05, 3.63) is 60.2 Å². The molecule has 0 aliphatic heterocycles. The second kappa shape index (κ2) is 7.48. The van der Waals surface area contributed by atoms with Crippen LogP contribution < -0.4 is 9.47 Å². The molecule has 1 unspecified atom stereocenters. The van der Waals surface area contributed by atoms with Gasteiger partial charge in [-0.1, -0.05) is 38.5 Å². The van der Waals surface area contributed by atoms with Gasteiger partial charge in [-0.25, -0.2) is 4.79 Å². The Morgan fingerprint density at radius 2 is 1.67 bits per heavy atom. The smallest absolute Gasteiger partial charge is 0.343 e. The Morgan fingerprint density at radius 3 is 2.29 bits per heavy atom. The van der Waals surface area contributed by atoms with Crippen LogP contribution in [0.25, 0.3) is 0 Å². The fourth-order valence-electron chi connectivity index (χ4n) is 1.70. The number of benzene rings is 2. The third kappa shape index (κ3) is 4.63. The second-order valence-electron chi connectivity index (χ2n) is 5.05. The lowest BCUT2D eigenvalue weighted by Crippen LogP contribution is -2.09. The van der Waals surface area contributed by atoms with Gasteiger partial charge in [-0.2, -0.15) is 0 Å². The Labute approximate surface area is 125 Å². The van der Waals surface area contributed by atoms with Crippen molar-refractivity contribution in [2.45, 2.75) is 20.3 Å². The van der Waals surface area contributed by atoms with Crippen molar-refractivity contribution in [3.8, 4) is 11.5 Å². The summed E-state index contributed by atoms with van der Waals surface area (Å²) in [6, 6.07) is 16.1. The van der Waals surface area contributed by atoms with Gasteiger partial charge in [-0.3, -0.25) is 0 Å². The van der Waals surface area contributed by atoms with E-state index < -0.39 is 0 Å². The van der Waals surface area contributed by atoms with Gasteiger partial charge in [-0.15, -0.1) is 0 Å². The Hall–Kier alpha value is -2.29. The lowest BCUT2D eigenvalue weighted by molar-refractivity contribution is 0.0734. The second-order valence-corrected chi connectivity index (χ2v) is 5.05. The van der Waals surface area contributed by atoms with Crippen LogP contribution in [-0.2, 0) is 0 Å². The minimum Gasteiger partial charge on any atom is -0.493 e. The first-order chi connectivity index (χ1) is 10.2. The van der Waals surface area contributed by atoms with E-state index in [-0.39, 0.29) is 5.97 Å². The van der Waals surface area contributed by atoms with E-state index in [1.807, 2.05) is 18.2 Å². The highest BCUT2D eigenvalue weighted by molar-refractivity contribution is 5.91. The Kier molecular flexibility index (Phi) is 5.38. The molecule has 0 N–H and O–H groups in total. The summed E-state index contributed by atoms with van der Waals surface area (Å²) in [6.07, 6.45) is 1.08. The summed E-state index contributed by atoms with van der Waals surface area (Å²) in [5.41, 5.74) is 0.509. The molecule has 0 saturated heterocycles. The van der Waals surface area contributed by atoms with Crippen molar-refractivity contribution in [2.75, 3.05) is 6.61 Å². The van der Waals surface area contributed by atoms with Crippen molar-refractivity contribution in [1.82, 2.24) is 0 Å².